The zero-order valence-corrected chi connectivity index (χ0v) is 18.6. The highest BCUT2D eigenvalue weighted by molar-refractivity contribution is 7.15. The monoisotopic (exact) mass is 461 g/mol. The highest BCUT2D eigenvalue weighted by Crippen LogP contribution is 2.38. The number of methoxy groups -OCH3 is 3. The second kappa shape index (κ2) is 10.6. The van der Waals surface area contributed by atoms with Crippen molar-refractivity contribution in [3.8, 4) is 23.0 Å². The lowest BCUT2D eigenvalue weighted by molar-refractivity contribution is 0.0954. The highest BCUT2D eigenvalue weighted by atomic mass is 35.5. The van der Waals surface area contributed by atoms with Crippen LogP contribution >= 0.6 is 22.9 Å². The van der Waals surface area contributed by atoms with E-state index in [1.54, 1.807) is 24.4 Å². The summed E-state index contributed by atoms with van der Waals surface area (Å²) in [6.07, 6.45) is 3.20. The van der Waals surface area contributed by atoms with E-state index in [1.807, 2.05) is 18.2 Å². The Hall–Kier alpha value is -3.30. The number of carbonyl (C=O) groups is 1. The fourth-order valence-electron chi connectivity index (χ4n) is 2.63. The lowest BCUT2D eigenvalue weighted by Crippen LogP contribution is -2.18. The third kappa shape index (κ3) is 5.87. The molecule has 0 aliphatic rings. The Labute approximate surface area is 188 Å². The van der Waals surface area contributed by atoms with Crippen molar-refractivity contribution in [3.63, 3.8) is 0 Å². The fourth-order valence-corrected chi connectivity index (χ4v) is 3.52. The van der Waals surface area contributed by atoms with Gasteiger partial charge in [0.05, 0.1) is 32.4 Å². The number of amides is 1. The molecule has 10 heteroatoms. The first-order valence-electron chi connectivity index (χ1n) is 9.00. The summed E-state index contributed by atoms with van der Waals surface area (Å²) in [5.74, 6) is 1.39. The van der Waals surface area contributed by atoms with Crippen LogP contribution in [0.15, 0.2) is 47.7 Å². The van der Waals surface area contributed by atoms with E-state index in [0.717, 1.165) is 10.4 Å². The minimum absolute atomic E-state index is 0.312. The molecule has 0 radical (unpaired) electrons. The standard InChI is InChI=1S/C21H20ClN3O5S/c1-27-17-8-14(9-18(28-2)19(17)29-3)20(26)25-24-10-13-5-4-6-15(7-13)30-12-16-11-23-21(22)31-16/h4-11H,12H2,1-3H3,(H,25,26). The Balaban J connectivity index is 1.64. The van der Waals surface area contributed by atoms with Gasteiger partial charge in [0.1, 0.15) is 12.4 Å². The van der Waals surface area contributed by atoms with Gasteiger partial charge in [-0.1, -0.05) is 23.7 Å². The number of benzene rings is 2. The third-order valence-electron chi connectivity index (χ3n) is 4.07. The molecular weight excluding hydrogens is 442 g/mol. The number of halogens is 1. The molecule has 0 bridgehead atoms. The average molecular weight is 462 g/mol. The maximum absolute atomic E-state index is 12.5. The predicted molar refractivity (Wildman–Crippen MR) is 119 cm³/mol. The molecule has 3 rings (SSSR count). The number of hydrogen-bond acceptors (Lipinski definition) is 8. The molecule has 1 aromatic heterocycles. The molecule has 1 N–H and O–H groups in total. The Morgan fingerprint density at radius 2 is 1.90 bits per heavy atom. The molecule has 0 aliphatic carbocycles. The minimum Gasteiger partial charge on any atom is -0.493 e. The maximum atomic E-state index is 12.5. The van der Waals surface area contributed by atoms with Gasteiger partial charge in [-0.15, -0.1) is 11.3 Å². The van der Waals surface area contributed by atoms with Crippen LogP contribution < -0.4 is 24.4 Å². The highest BCUT2D eigenvalue weighted by Gasteiger charge is 2.16. The summed E-state index contributed by atoms with van der Waals surface area (Å²) in [6, 6.07) is 10.4. The van der Waals surface area contributed by atoms with E-state index in [1.165, 1.54) is 38.9 Å². The largest absolute Gasteiger partial charge is 0.493 e. The van der Waals surface area contributed by atoms with E-state index in [-0.39, 0.29) is 0 Å². The molecule has 0 unspecified atom stereocenters. The van der Waals surface area contributed by atoms with Crippen LogP contribution in [0.4, 0.5) is 0 Å². The summed E-state index contributed by atoms with van der Waals surface area (Å²) in [6.45, 7) is 0.364. The maximum Gasteiger partial charge on any atom is 0.271 e. The van der Waals surface area contributed by atoms with Crippen molar-refractivity contribution in [3.05, 3.63) is 63.1 Å². The summed E-state index contributed by atoms with van der Waals surface area (Å²) in [5, 5.41) is 4.02. The second-order valence-electron chi connectivity index (χ2n) is 6.05. The van der Waals surface area contributed by atoms with Crippen LogP contribution in [0.3, 0.4) is 0 Å². The van der Waals surface area contributed by atoms with E-state index < -0.39 is 5.91 Å². The number of nitrogens with one attached hydrogen (secondary N) is 1. The quantitative estimate of drug-likeness (QED) is 0.380. The number of rotatable bonds is 9. The summed E-state index contributed by atoms with van der Waals surface area (Å²) >= 11 is 7.19. The first-order valence-corrected chi connectivity index (χ1v) is 10.2. The van der Waals surface area contributed by atoms with Crippen molar-refractivity contribution in [1.29, 1.82) is 0 Å². The van der Waals surface area contributed by atoms with E-state index in [2.05, 4.69) is 15.5 Å². The van der Waals surface area contributed by atoms with Gasteiger partial charge in [0.2, 0.25) is 5.75 Å². The van der Waals surface area contributed by atoms with Gasteiger partial charge in [-0.25, -0.2) is 10.4 Å². The van der Waals surface area contributed by atoms with Crippen molar-refractivity contribution >= 4 is 35.1 Å². The van der Waals surface area contributed by atoms with Crippen LogP contribution in [0.25, 0.3) is 0 Å². The van der Waals surface area contributed by atoms with Crippen molar-refractivity contribution in [1.82, 2.24) is 10.4 Å². The summed E-state index contributed by atoms with van der Waals surface area (Å²) in [5.41, 5.74) is 3.55. The van der Waals surface area contributed by atoms with Gasteiger partial charge in [0.25, 0.3) is 5.91 Å². The van der Waals surface area contributed by atoms with Gasteiger partial charge in [-0.3, -0.25) is 4.79 Å². The molecule has 1 heterocycles. The predicted octanol–water partition coefficient (Wildman–Crippen LogP) is 4.17. The SMILES string of the molecule is COc1cc(C(=O)NN=Cc2cccc(OCc3cnc(Cl)s3)c2)cc(OC)c1OC. The van der Waals surface area contributed by atoms with Crippen LogP contribution in [0, 0.1) is 0 Å². The van der Waals surface area contributed by atoms with Crippen LogP contribution in [-0.4, -0.2) is 38.4 Å². The normalized spacial score (nSPS) is 10.7. The summed E-state index contributed by atoms with van der Waals surface area (Å²) < 4.78 is 22.0. The van der Waals surface area contributed by atoms with E-state index in [9.17, 15) is 4.79 Å². The first kappa shape index (κ1) is 22.4. The molecule has 0 spiro atoms. The van der Waals surface area contributed by atoms with Gasteiger partial charge in [-0.2, -0.15) is 5.10 Å². The number of hydrazone groups is 1. The molecule has 0 saturated heterocycles. The van der Waals surface area contributed by atoms with Crippen molar-refractivity contribution in [2.75, 3.05) is 21.3 Å². The van der Waals surface area contributed by atoms with Crippen LogP contribution in [0.5, 0.6) is 23.0 Å². The number of ether oxygens (including phenoxy) is 4. The first-order chi connectivity index (χ1) is 15.0. The number of carbonyl (C=O) groups excluding carboxylic acids is 1. The van der Waals surface area contributed by atoms with Gasteiger partial charge < -0.3 is 18.9 Å². The molecule has 0 atom stereocenters. The van der Waals surface area contributed by atoms with Crippen molar-refractivity contribution < 1.29 is 23.7 Å². The summed E-state index contributed by atoms with van der Waals surface area (Å²) in [7, 11) is 4.46. The zero-order chi connectivity index (χ0) is 22.2. The lowest BCUT2D eigenvalue weighted by atomic mass is 10.1. The third-order valence-corrected chi connectivity index (χ3v) is 5.16. The van der Waals surface area contributed by atoms with Crippen molar-refractivity contribution in [2.24, 2.45) is 5.10 Å². The topological polar surface area (TPSA) is 91.3 Å². The van der Waals surface area contributed by atoms with E-state index in [0.29, 0.717) is 39.6 Å². The molecule has 0 fully saturated rings. The number of hydrogen-bond donors (Lipinski definition) is 1. The van der Waals surface area contributed by atoms with Crippen LogP contribution in [0.2, 0.25) is 4.47 Å². The van der Waals surface area contributed by atoms with E-state index in [4.69, 9.17) is 30.5 Å². The number of aromatic nitrogens is 1. The Morgan fingerprint density at radius 1 is 1.16 bits per heavy atom. The number of nitrogens with zero attached hydrogens (tertiary/aromatic N) is 2. The Bertz CT molecular complexity index is 1060. The zero-order valence-electron chi connectivity index (χ0n) is 17.0. The average Bonchev–Trinajstić information content (AvgIpc) is 3.21. The molecule has 3 aromatic rings. The van der Waals surface area contributed by atoms with E-state index >= 15 is 0 Å². The molecule has 8 nitrogen and oxygen atoms in total. The Morgan fingerprint density at radius 3 is 2.52 bits per heavy atom. The van der Waals surface area contributed by atoms with Gasteiger partial charge in [0, 0.05) is 11.8 Å². The van der Waals surface area contributed by atoms with Gasteiger partial charge >= 0.3 is 0 Å². The lowest BCUT2D eigenvalue weighted by Gasteiger charge is -2.13. The minimum atomic E-state index is -0.426. The van der Waals surface area contributed by atoms with Crippen LogP contribution in [-0.2, 0) is 6.61 Å². The van der Waals surface area contributed by atoms with Gasteiger partial charge in [-0.05, 0) is 29.8 Å². The fraction of sp³-hybridized carbons (Fsp3) is 0.190. The molecule has 1 amide bonds. The Kier molecular flexibility index (Phi) is 7.69. The van der Waals surface area contributed by atoms with Crippen molar-refractivity contribution in [2.45, 2.75) is 6.61 Å². The number of thiazole rings is 1. The van der Waals surface area contributed by atoms with Crippen LogP contribution in [0.1, 0.15) is 20.8 Å². The molecule has 162 valence electrons. The smallest absolute Gasteiger partial charge is 0.271 e. The second-order valence-corrected chi connectivity index (χ2v) is 7.75. The molecule has 31 heavy (non-hydrogen) atoms. The molecular formula is C21H20ClN3O5S. The molecule has 0 aliphatic heterocycles. The molecule has 0 saturated carbocycles. The molecule has 2 aromatic carbocycles. The van der Waals surface area contributed by atoms with Gasteiger partial charge in [0.15, 0.2) is 16.0 Å². The summed E-state index contributed by atoms with van der Waals surface area (Å²) in [4.78, 5) is 17.4.